The van der Waals surface area contributed by atoms with Crippen LogP contribution < -0.4 is 10.2 Å². The molecule has 3 aromatic rings. The van der Waals surface area contributed by atoms with Gasteiger partial charge in [-0.05, 0) is 44.0 Å². The number of piperidine rings is 1. The monoisotopic (exact) mass is 353 g/mol. The van der Waals surface area contributed by atoms with E-state index in [0.717, 1.165) is 24.2 Å². The number of aromatic nitrogens is 3. The number of nitrogens with zero attached hydrogens (tertiary/aromatic N) is 4. The molecule has 26 heavy (non-hydrogen) atoms. The third kappa shape index (κ3) is 3.00. The Morgan fingerprint density at radius 2 is 2.12 bits per heavy atom. The summed E-state index contributed by atoms with van der Waals surface area (Å²) in [6.45, 7) is 2.54. The van der Waals surface area contributed by atoms with Crippen LogP contribution in [-0.4, -0.2) is 33.3 Å². The highest BCUT2D eigenvalue weighted by atomic mass is 19.1. The summed E-state index contributed by atoms with van der Waals surface area (Å²) in [7, 11) is 1.83. The van der Waals surface area contributed by atoms with E-state index < -0.39 is 0 Å². The Kier molecular flexibility index (Phi) is 4.06. The molecule has 1 fully saturated rings. The van der Waals surface area contributed by atoms with Crippen molar-refractivity contribution in [1.29, 1.82) is 0 Å². The second-order valence-corrected chi connectivity index (χ2v) is 6.65. The first-order valence-electron chi connectivity index (χ1n) is 8.66. The summed E-state index contributed by atoms with van der Waals surface area (Å²) < 4.78 is 15.4. The van der Waals surface area contributed by atoms with E-state index in [0.29, 0.717) is 23.3 Å². The molecule has 0 radical (unpaired) electrons. The number of pyridine rings is 1. The number of carbonyl (C=O) groups is 1. The van der Waals surface area contributed by atoms with Crippen molar-refractivity contribution in [2.45, 2.75) is 25.8 Å². The topological polar surface area (TPSA) is 63.1 Å². The van der Waals surface area contributed by atoms with E-state index in [9.17, 15) is 9.18 Å². The third-order valence-corrected chi connectivity index (χ3v) is 4.64. The molecule has 3 heterocycles. The van der Waals surface area contributed by atoms with Crippen LogP contribution in [0.4, 0.5) is 15.9 Å². The molecule has 1 aromatic carbocycles. The summed E-state index contributed by atoms with van der Waals surface area (Å²) in [6.07, 6.45) is 3.42. The van der Waals surface area contributed by atoms with Crippen molar-refractivity contribution in [1.82, 2.24) is 14.8 Å². The van der Waals surface area contributed by atoms with Crippen LogP contribution in [0.2, 0.25) is 0 Å². The van der Waals surface area contributed by atoms with Gasteiger partial charge in [-0.1, -0.05) is 0 Å². The highest BCUT2D eigenvalue weighted by Gasteiger charge is 2.31. The minimum absolute atomic E-state index is 0.0195. The van der Waals surface area contributed by atoms with Crippen molar-refractivity contribution < 1.29 is 9.18 Å². The summed E-state index contributed by atoms with van der Waals surface area (Å²) in [5.41, 5.74) is 2.25. The number of aryl methyl sites for hydroxylation is 2. The molecule has 0 aliphatic carbocycles. The van der Waals surface area contributed by atoms with Gasteiger partial charge in [0.2, 0.25) is 0 Å². The number of rotatable bonds is 3. The summed E-state index contributed by atoms with van der Waals surface area (Å²) in [6, 6.07) is 7.82. The first-order valence-corrected chi connectivity index (χ1v) is 8.66. The predicted molar refractivity (Wildman–Crippen MR) is 98.6 cm³/mol. The summed E-state index contributed by atoms with van der Waals surface area (Å²) in [4.78, 5) is 19.1. The van der Waals surface area contributed by atoms with Gasteiger partial charge in [-0.3, -0.25) is 19.4 Å². The molecule has 0 spiro atoms. The van der Waals surface area contributed by atoms with E-state index in [1.54, 1.807) is 15.6 Å². The lowest BCUT2D eigenvalue weighted by molar-refractivity contribution is -0.120. The van der Waals surface area contributed by atoms with E-state index in [1.165, 1.54) is 12.1 Å². The maximum absolute atomic E-state index is 13.7. The number of anilines is 2. The molecule has 0 bridgehead atoms. The van der Waals surface area contributed by atoms with Crippen LogP contribution >= 0.6 is 0 Å². The van der Waals surface area contributed by atoms with Crippen LogP contribution in [-0.2, 0) is 11.8 Å². The fraction of sp³-hybridized carbons (Fsp3) is 0.316. The number of fused-ring (bicyclic) bond motifs is 1. The molecule has 1 aliphatic heterocycles. The molecule has 1 N–H and O–H groups in total. The summed E-state index contributed by atoms with van der Waals surface area (Å²) in [5.74, 6) is 0.316. The van der Waals surface area contributed by atoms with Crippen molar-refractivity contribution in [3.63, 3.8) is 0 Å². The fourth-order valence-corrected chi connectivity index (χ4v) is 3.42. The van der Waals surface area contributed by atoms with Crippen LogP contribution in [0.25, 0.3) is 10.9 Å². The van der Waals surface area contributed by atoms with Gasteiger partial charge in [0.1, 0.15) is 11.9 Å². The Hall–Kier alpha value is -2.96. The lowest BCUT2D eigenvalue weighted by atomic mass is 10.0. The smallest absolute Gasteiger partial charge is 0.250 e. The molecular formula is C19H20FN5O. The first kappa shape index (κ1) is 16.5. The normalized spacial score (nSPS) is 17.7. The van der Waals surface area contributed by atoms with Crippen molar-refractivity contribution >= 4 is 28.3 Å². The summed E-state index contributed by atoms with van der Waals surface area (Å²) >= 11 is 0. The average molecular weight is 353 g/mol. The minimum atomic E-state index is -0.376. The molecule has 7 heteroatoms. The molecule has 0 saturated carbocycles. The second kappa shape index (κ2) is 6.40. The largest absolute Gasteiger partial charge is 0.373 e. The number of hydrogen-bond donors (Lipinski definition) is 1. The van der Waals surface area contributed by atoms with Gasteiger partial charge in [0.25, 0.3) is 5.91 Å². The van der Waals surface area contributed by atoms with Gasteiger partial charge in [-0.25, -0.2) is 4.39 Å². The van der Waals surface area contributed by atoms with Crippen LogP contribution in [0, 0.1) is 12.7 Å². The van der Waals surface area contributed by atoms with Crippen molar-refractivity contribution in [2.24, 2.45) is 7.05 Å². The predicted octanol–water partition coefficient (Wildman–Crippen LogP) is 3.02. The van der Waals surface area contributed by atoms with Gasteiger partial charge in [-0.15, -0.1) is 0 Å². The van der Waals surface area contributed by atoms with Gasteiger partial charge in [-0.2, -0.15) is 5.10 Å². The molecule has 1 atom stereocenters. The Balaban J connectivity index is 1.65. The SMILES string of the molecule is Cc1cc(NC2CCCN(c3ccn(C)n3)C2=O)c2cc(F)ccc2n1. The highest BCUT2D eigenvalue weighted by Crippen LogP contribution is 2.27. The van der Waals surface area contributed by atoms with E-state index in [-0.39, 0.29) is 17.8 Å². The van der Waals surface area contributed by atoms with Crippen molar-refractivity contribution in [3.05, 3.63) is 48.0 Å². The van der Waals surface area contributed by atoms with Gasteiger partial charge in [0.05, 0.1) is 5.52 Å². The van der Waals surface area contributed by atoms with E-state index in [1.807, 2.05) is 32.3 Å². The lowest BCUT2D eigenvalue weighted by Gasteiger charge is -2.32. The molecule has 4 rings (SSSR count). The lowest BCUT2D eigenvalue weighted by Crippen LogP contribution is -2.48. The number of benzene rings is 1. The van der Waals surface area contributed by atoms with Gasteiger partial charge in [0, 0.05) is 42.6 Å². The van der Waals surface area contributed by atoms with Gasteiger partial charge in [0.15, 0.2) is 5.82 Å². The zero-order chi connectivity index (χ0) is 18.3. The number of hydrogen-bond acceptors (Lipinski definition) is 4. The fourth-order valence-electron chi connectivity index (χ4n) is 3.42. The maximum Gasteiger partial charge on any atom is 0.250 e. The minimum Gasteiger partial charge on any atom is -0.373 e. The van der Waals surface area contributed by atoms with Crippen LogP contribution in [0.3, 0.4) is 0 Å². The Labute approximate surface area is 150 Å². The Morgan fingerprint density at radius 1 is 1.27 bits per heavy atom. The van der Waals surface area contributed by atoms with Gasteiger partial charge >= 0.3 is 0 Å². The third-order valence-electron chi connectivity index (χ3n) is 4.64. The van der Waals surface area contributed by atoms with Crippen LogP contribution in [0.15, 0.2) is 36.5 Å². The number of carbonyl (C=O) groups excluding carboxylic acids is 1. The second-order valence-electron chi connectivity index (χ2n) is 6.65. The number of nitrogens with one attached hydrogen (secondary N) is 1. The maximum atomic E-state index is 13.7. The summed E-state index contributed by atoms with van der Waals surface area (Å²) in [5, 5.41) is 8.33. The van der Waals surface area contributed by atoms with Crippen molar-refractivity contribution in [2.75, 3.05) is 16.8 Å². The molecule has 2 aromatic heterocycles. The first-order chi connectivity index (χ1) is 12.5. The number of amides is 1. The van der Waals surface area contributed by atoms with Crippen LogP contribution in [0.5, 0.6) is 0 Å². The molecular weight excluding hydrogens is 333 g/mol. The molecule has 134 valence electrons. The zero-order valence-corrected chi connectivity index (χ0v) is 14.7. The van der Waals surface area contributed by atoms with E-state index in [4.69, 9.17) is 0 Å². The molecule has 6 nitrogen and oxygen atoms in total. The molecule has 1 saturated heterocycles. The van der Waals surface area contributed by atoms with Crippen molar-refractivity contribution in [3.8, 4) is 0 Å². The molecule has 1 unspecified atom stereocenters. The molecule has 1 aliphatic rings. The Bertz CT molecular complexity index is 983. The quantitative estimate of drug-likeness (QED) is 0.786. The highest BCUT2D eigenvalue weighted by molar-refractivity contribution is 6.00. The average Bonchev–Trinajstić information content (AvgIpc) is 3.03. The van der Waals surface area contributed by atoms with Crippen LogP contribution in [0.1, 0.15) is 18.5 Å². The van der Waals surface area contributed by atoms with Gasteiger partial charge < -0.3 is 5.32 Å². The number of halogens is 1. The van der Waals surface area contributed by atoms with E-state index in [2.05, 4.69) is 15.4 Å². The van der Waals surface area contributed by atoms with E-state index >= 15 is 0 Å². The zero-order valence-electron chi connectivity index (χ0n) is 14.7. The standard InChI is InChI=1S/C19H20FN5O/c1-12-10-17(14-11-13(20)5-6-15(14)21-12)22-16-4-3-8-25(19(16)26)18-7-9-24(2)23-18/h5-7,9-11,16H,3-4,8H2,1-2H3,(H,21,22). The Morgan fingerprint density at radius 3 is 2.88 bits per heavy atom. The molecule has 1 amide bonds.